The number of morpholine rings is 1. The van der Waals surface area contributed by atoms with Crippen molar-refractivity contribution in [2.75, 3.05) is 26.2 Å². The number of ether oxygens (including phenoxy) is 1. The van der Waals surface area contributed by atoms with E-state index in [4.69, 9.17) is 9.84 Å². The molecule has 20 heavy (non-hydrogen) atoms. The molecule has 0 bridgehead atoms. The van der Waals surface area contributed by atoms with E-state index in [1.807, 2.05) is 4.90 Å². The molecule has 2 aliphatic heterocycles. The number of carbonyl (C=O) groups is 2. The summed E-state index contributed by atoms with van der Waals surface area (Å²) in [6, 6.07) is 0.206. The molecule has 6 heteroatoms. The number of fused-ring (bicyclic) bond motifs is 1. The zero-order valence-corrected chi connectivity index (χ0v) is 11.7. The maximum Gasteiger partial charge on any atom is 0.320 e. The highest BCUT2D eigenvalue weighted by Gasteiger charge is 2.40. The third kappa shape index (κ3) is 2.49. The van der Waals surface area contributed by atoms with E-state index < -0.39 is 11.9 Å². The van der Waals surface area contributed by atoms with Crippen LogP contribution >= 0.6 is 0 Å². The maximum absolute atomic E-state index is 12.7. The molecule has 0 spiro atoms. The SMILES string of the molecule is O=C(O)[C@@H]1CCCN(C(=O)N2CCOC3CCCC32)C1. The topological polar surface area (TPSA) is 70.1 Å². The van der Waals surface area contributed by atoms with E-state index in [1.165, 1.54) is 0 Å². The van der Waals surface area contributed by atoms with Crippen LogP contribution in [0, 0.1) is 5.92 Å². The van der Waals surface area contributed by atoms with Gasteiger partial charge in [-0.3, -0.25) is 4.79 Å². The average molecular weight is 282 g/mol. The Morgan fingerprint density at radius 1 is 1.10 bits per heavy atom. The second kappa shape index (κ2) is 5.60. The molecule has 3 aliphatic rings. The molecular weight excluding hydrogens is 260 g/mol. The van der Waals surface area contributed by atoms with Gasteiger partial charge in [0.05, 0.1) is 24.7 Å². The minimum Gasteiger partial charge on any atom is -0.481 e. The minimum atomic E-state index is -0.789. The summed E-state index contributed by atoms with van der Waals surface area (Å²) >= 11 is 0. The molecule has 3 rings (SSSR count). The molecule has 1 N–H and O–H groups in total. The Balaban J connectivity index is 1.66. The largest absolute Gasteiger partial charge is 0.481 e. The van der Waals surface area contributed by atoms with Crippen LogP contribution in [0.3, 0.4) is 0 Å². The molecule has 0 radical (unpaired) electrons. The Bertz CT molecular complexity index is 401. The molecule has 1 saturated carbocycles. The second-order valence-corrected chi connectivity index (χ2v) is 6.01. The van der Waals surface area contributed by atoms with Gasteiger partial charge >= 0.3 is 12.0 Å². The van der Waals surface area contributed by atoms with Crippen molar-refractivity contribution in [1.82, 2.24) is 9.80 Å². The van der Waals surface area contributed by atoms with Gasteiger partial charge in [-0.15, -0.1) is 0 Å². The van der Waals surface area contributed by atoms with E-state index in [1.54, 1.807) is 4.90 Å². The first-order valence-corrected chi connectivity index (χ1v) is 7.57. The number of likely N-dealkylation sites (tertiary alicyclic amines) is 1. The number of amides is 2. The van der Waals surface area contributed by atoms with Gasteiger partial charge in [0.1, 0.15) is 0 Å². The summed E-state index contributed by atoms with van der Waals surface area (Å²) in [7, 11) is 0. The number of hydrogen-bond acceptors (Lipinski definition) is 3. The highest BCUT2D eigenvalue weighted by atomic mass is 16.5. The van der Waals surface area contributed by atoms with Gasteiger partial charge in [-0.2, -0.15) is 0 Å². The summed E-state index contributed by atoms with van der Waals surface area (Å²) in [6.07, 6.45) is 4.79. The zero-order chi connectivity index (χ0) is 14.1. The zero-order valence-electron chi connectivity index (χ0n) is 11.7. The van der Waals surface area contributed by atoms with Crippen molar-refractivity contribution in [3.63, 3.8) is 0 Å². The van der Waals surface area contributed by atoms with Crippen LogP contribution in [-0.2, 0) is 9.53 Å². The molecule has 3 atom stereocenters. The Morgan fingerprint density at radius 2 is 1.95 bits per heavy atom. The molecule has 2 amide bonds. The first kappa shape index (κ1) is 13.7. The van der Waals surface area contributed by atoms with Crippen LogP contribution in [0.15, 0.2) is 0 Å². The summed E-state index contributed by atoms with van der Waals surface area (Å²) in [6.45, 7) is 2.26. The Kier molecular flexibility index (Phi) is 3.83. The average Bonchev–Trinajstić information content (AvgIpc) is 2.95. The van der Waals surface area contributed by atoms with Crippen LogP contribution in [-0.4, -0.2) is 65.3 Å². The van der Waals surface area contributed by atoms with Crippen molar-refractivity contribution in [3.8, 4) is 0 Å². The smallest absolute Gasteiger partial charge is 0.320 e. The van der Waals surface area contributed by atoms with Crippen LogP contribution in [0.2, 0.25) is 0 Å². The third-order valence-electron chi connectivity index (χ3n) is 4.77. The van der Waals surface area contributed by atoms with E-state index in [0.717, 1.165) is 25.7 Å². The van der Waals surface area contributed by atoms with Gasteiger partial charge in [0, 0.05) is 19.6 Å². The van der Waals surface area contributed by atoms with Crippen LogP contribution < -0.4 is 0 Å². The van der Waals surface area contributed by atoms with Gasteiger partial charge in [-0.1, -0.05) is 0 Å². The van der Waals surface area contributed by atoms with Crippen molar-refractivity contribution in [1.29, 1.82) is 0 Å². The molecule has 0 aromatic heterocycles. The fourth-order valence-corrected chi connectivity index (χ4v) is 3.70. The molecule has 2 unspecified atom stereocenters. The van der Waals surface area contributed by atoms with Crippen molar-refractivity contribution >= 4 is 12.0 Å². The first-order chi connectivity index (χ1) is 9.66. The summed E-state index contributed by atoms with van der Waals surface area (Å²) < 4.78 is 5.72. The number of rotatable bonds is 1. The summed E-state index contributed by atoms with van der Waals surface area (Å²) in [4.78, 5) is 27.4. The summed E-state index contributed by atoms with van der Waals surface area (Å²) in [5, 5.41) is 9.13. The standard InChI is InChI=1S/C14H22N2O4/c17-13(18)10-3-2-6-15(9-10)14(19)16-7-8-20-12-5-1-4-11(12)16/h10-12H,1-9H2,(H,17,18)/t10-,11?,12?/m1/s1. The molecule has 2 heterocycles. The third-order valence-corrected chi connectivity index (χ3v) is 4.77. The first-order valence-electron chi connectivity index (χ1n) is 7.57. The normalized spacial score (nSPS) is 33.9. The molecule has 2 saturated heterocycles. The second-order valence-electron chi connectivity index (χ2n) is 6.01. The number of piperidine rings is 1. The van der Waals surface area contributed by atoms with Crippen molar-refractivity contribution in [2.45, 2.75) is 44.2 Å². The lowest BCUT2D eigenvalue weighted by Crippen LogP contribution is -2.57. The van der Waals surface area contributed by atoms with Gasteiger partial charge in [0.25, 0.3) is 0 Å². The molecule has 3 fully saturated rings. The summed E-state index contributed by atoms with van der Waals surface area (Å²) in [5.74, 6) is -1.20. The van der Waals surface area contributed by atoms with Gasteiger partial charge in [-0.05, 0) is 32.1 Å². The van der Waals surface area contributed by atoms with Crippen molar-refractivity contribution < 1.29 is 19.4 Å². The fraction of sp³-hybridized carbons (Fsp3) is 0.857. The van der Waals surface area contributed by atoms with E-state index in [0.29, 0.717) is 32.7 Å². The van der Waals surface area contributed by atoms with Gasteiger partial charge in [0.15, 0.2) is 0 Å². The number of carbonyl (C=O) groups excluding carboxylic acids is 1. The lowest BCUT2D eigenvalue weighted by atomic mass is 9.98. The monoisotopic (exact) mass is 282 g/mol. The van der Waals surface area contributed by atoms with E-state index in [9.17, 15) is 9.59 Å². The highest BCUT2D eigenvalue weighted by Crippen LogP contribution is 2.31. The number of hydrogen-bond donors (Lipinski definition) is 1. The van der Waals surface area contributed by atoms with Crippen LogP contribution in [0.1, 0.15) is 32.1 Å². The molecule has 112 valence electrons. The predicted octanol–water partition coefficient (Wildman–Crippen LogP) is 1.16. The van der Waals surface area contributed by atoms with Crippen molar-refractivity contribution in [2.24, 2.45) is 5.92 Å². The Hall–Kier alpha value is -1.30. The van der Waals surface area contributed by atoms with Crippen molar-refractivity contribution in [3.05, 3.63) is 0 Å². The Labute approximate surface area is 118 Å². The predicted molar refractivity (Wildman–Crippen MR) is 71.4 cm³/mol. The van der Waals surface area contributed by atoms with Crippen LogP contribution in [0.4, 0.5) is 4.79 Å². The lowest BCUT2D eigenvalue weighted by molar-refractivity contribution is -0.143. The Morgan fingerprint density at radius 3 is 2.75 bits per heavy atom. The molecule has 1 aliphatic carbocycles. The van der Waals surface area contributed by atoms with Gasteiger partial charge in [0.2, 0.25) is 0 Å². The molecule has 6 nitrogen and oxygen atoms in total. The lowest BCUT2D eigenvalue weighted by Gasteiger charge is -2.42. The number of nitrogens with zero attached hydrogens (tertiary/aromatic N) is 2. The molecule has 0 aromatic carbocycles. The highest BCUT2D eigenvalue weighted by molar-refractivity contribution is 5.77. The van der Waals surface area contributed by atoms with E-state index in [-0.39, 0.29) is 18.2 Å². The summed E-state index contributed by atoms with van der Waals surface area (Å²) in [5.41, 5.74) is 0. The van der Waals surface area contributed by atoms with Crippen LogP contribution in [0.5, 0.6) is 0 Å². The molecule has 0 aromatic rings. The maximum atomic E-state index is 12.7. The molecular formula is C14H22N2O4. The number of urea groups is 1. The van der Waals surface area contributed by atoms with Crippen LogP contribution in [0.25, 0.3) is 0 Å². The number of carboxylic acids is 1. The van der Waals surface area contributed by atoms with Gasteiger partial charge < -0.3 is 19.6 Å². The van der Waals surface area contributed by atoms with E-state index in [2.05, 4.69) is 0 Å². The van der Waals surface area contributed by atoms with Gasteiger partial charge in [-0.25, -0.2) is 4.79 Å². The van der Waals surface area contributed by atoms with E-state index >= 15 is 0 Å². The number of aliphatic carboxylic acids is 1. The number of carboxylic acid groups (broad SMARTS) is 1. The fourth-order valence-electron chi connectivity index (χ4n) is 3.70. The quantitative estimate of drug-likeness (QED) is 0.783. The minimum absolute atomic E-state index is 0.0103.